The van der Waals surface area contributed by atoms with Crippen LogP contribution in [-0.2, 0) is 9.53 Å². The highest BCUT2D eigenvalue weighted by Crippen LogP contribution is 2.24. The van der Waals surface area contributed by atoms with Crippen molar-refractivity contribution in [2.24, 2.45) is 5.73 Å². The SMILES string of the molecule is CCOC(=O)C(N)C(O)c1ccccc1Cl. The molecule has 3 N–H and O–H groups in total. The minimum Gasteiger partial charge on any atom is -0.465 e. The number of benzene rings is 1. The van der Waals surface area contributed by atoms with E-state index in [-0.39, 0.29) is 6.61 Å². The van der Waals surface area contributed by atoms with Gasteiger partial charge in [0.1, 0.15) is 12.1 Å². The maximum absolute atomic E-state index is 11.3. The predicted molar refractivity (Wildman–Crippen MR) is 61.0 cm³/mol. The number of aliphatic hydroxyl groups is 1. The average Bonchev–Trinajstić information content (AvgIpc) is 2.28. The number of nitrogens with two attached hydrogens (primary N) is 1. The molecule has 1 aromatic rings. The van der Waals surface area contributed by atoms with Gasteiger partial charge in [0.05, 0.1) is 6.61 Å². The minimum absolute atomic E-state index is 0.224. The van der Waals surface area contributed by atoms with Crippen LogP contribution in [0.1, 0.15) is 18.6 Å². The molecule has 0 bridgehead atoms. The maximum Gasteiger partial charge on any atom is 0.325 e. The third-order valence-electron chi connectivity index (χ3n) is 2.12. The lowest BCUT2D eigenvalue weighted by Crippen LogP contribution is -2.38. The van der Waals surface area contributed by atoms with E-state index in [9.17, 15) is 9.90 Å². The van der Waals surface area contributed by atoms with Crippen molar-refractivity contribution in [1.82, 2.24) is 0 Å². The van der Waals surface area contributed by atoms with E-state index in [0.717, 1.165) is 0 Å². The summed E-state index contributed by atoms with van der Waals surface area (Å²) in [6, 6.07) is 5.56. The predicted octanol–water partition coefficient (Wildman–Crippen LogP) is 1.26. The van der Waals surface area contributed by atoms with Crippen LogP contribution in [0.4, 0.5) is 0 Å². The van der Waals surface area contributed by atoms with Crippen molar-refractivity contribution in [3.63, 3.8) is 0 Å². The zero-order chi connectivity index (χ0) is 12.1. The van der Waals surface area contributed by atoms with Crippen LogP contribution in [0.3, 0.4) is 0 Å². The molecule has 1 aromatic carbocycles. The molecule has 0 saturated heterocycles. The first kappa shape index (κ1) is 13.0. The topological polar surface area (TPSA) is 72.5 Å². The molecule has 2 atom stereocenters. The van der Waals surface area contributed by atoms with Crippen LogP contribution in [0.5, 0.6) is 0 Å². The number of halogens is 1. The molecule has 1 rings (SSSR count). The van der Waals surface area contributed by atoms with Crippen LogP contribution in [-0.4, -0.2) is 23.7 Å². The smallest absolute Gasteiger partial charge is 0.325 e. The van der Waals surface area contributed by atoms with E-state index in [0.29, 0.717) is 10.6 Å². The Bertz CT molecular complexity index is 370. The monoisotopic (exact) mass is 243 g/mol. The lowest BCUT2D eigenvalue weighted by atomic mass is 10.0. The van der Waals surface area contributed by atoms with Crippen molar-refractivity contribution in [3.8, 4) is 0 Å². The number of ether oxygens (including phenoxy) is 1. The molecule has 0 aliphatic rings. The lowest BCUT2D eigenvalue weighted by Gasteiger charge is -2.18. The second-order valence-electron chi connectivity index (χ2n) is 3.24. The Kier molecular flexibility index (Phi) is 4.73. The summed E-state index contributed by atoms with van der Waals surface area (Å²) in [7, 11) is 0. The van der Waals surface area contributed by atoms with E-state index >= 15 is 0 Å². The van der Waals surface area contributed by atoms with Gasteiger partial charge in [0.25, 0.3) is 0 Å². The van der Waals surface area contributed by atoms with Gasteiger partial charge in [-0.25, -0.2) is 0 Å². The molecule has 0 aromatic heterocycles. The molecule has 0 radical (unpaired) electrons. The molecule has 0 aliphatic carbocycles. The van der Waals surface area contributed by atoms with E-state index in [1.165, 1.54) is 0 Å². The number of esters is 1. The van der Waals surface area contributed by atoms with Gasteiger partial charge in [-0.2, -0.15) is 0 Å². The number of hydrogen-bond donors (Lipinski definition) is 2. The highest BCUT2D eigenvalue weighted by Gasteiger charge is 2.26. The van der Waals surface area contributed by atoms with Crippen LogP contribution >= 0.6 is 11.6 Å². The fourth-order valence-corrected chi connectivity index (χ4v) is 1.52. The number of carbonyl (C=O) groups is 1. The Balaban J connectivity index is 2.82. The Morgan fingerprint density at radius 2 is 2.19 bits per heavy atom. The normalized spacial score (nSPS) is 14.2. The van der Waals surface area contributed by atoms with Crippen molar-refractivity contribution in [2.45, 2.75) is 19.1 Å². The first-order chi connectivity index (χ1) is 7.57. The van der Waals surface area contributed by atoms with E-state index in [4.69, 9.17) is 22.1 Å². The van der Waals surface area contributed by atoms with Gasteiger partial charge in [-0.05, 0) is 13.0 Å². The number of aliphatic hydroxyl groups excluding tert-OH is 1. The Morgan fingerprint density at radius 3 is 2.75 bits per heavy atom. The van der Waals surface area contributed by atoms with Gasteiger partial charge in [0.15, 0.2) is 0 Å². The summed E-state index contributed by atoms with van der Waals surface area (Å²) < 4.78 is 4.72. The number of hydrogen-bond acceptors (Lipinski definition) is 4. The third-order valence-corrected chi connectivity index (χ3v) is 2.47. The summed E-state index contributed by atoms with van der Waals surface area (Å²) in [5.74, 6) is -0.644. The van der Waals surface area contributed by atoms with Gasteiger partial charge in [0.2, 0.25) is 0 Å². The summed E-state index contributed by atoms with van der Waals surface area (Å²) >= 11 is 5.88. The molecule has 5 heteroatoms. The van der Waals surface area contributed by atoms with Gasteiger partial charge in [-0.1, -0.05) is 29.8 Å². The van der Waals surface area contributed by atoms with E-state index in [2.05, 4.69) is 0 Å². The lowest BCUT2D eigenvalue weighted by molar-refractivity contribution is -0.147. The third kappa shape index (κ3) is 2.95. The molecule has 0 aliphatic heterocycles. The molecular formula is C11H14ClNO3. The molecular weight excluding hydrogens is 230 g/mol. The molecule has 0 spiro atoms. The highest BCUT2D eigenvalue weighted by atomic mass is 35.5. The summed E-state index contributed by atoms with van der Waals surface area (Å²) in [6.45, 7) is 1.90. The molecule has 16 heavy (non-hydrogen) atoms. The molecule has 2 unspecified atom stereocenters. The van der Waals surface area contributed by atoms with Crippen LogP contribution in [0.15, 0.2) is 24.3 Å². The Labute approximate surface area is 99.0 Å². The molecule has 0 saturated carbocycles. The van der Waals surface area contributed by atoms with E-state index in [1.807, 2.05) is 0 Å². The summed E-state index contributed by atoms with van der Waals surface area (Å²) in [4.78, 5) is 11.3. The zero-order valence-corrected chi connectivity index (χ0v) is 9.65. The van der Waals surface area contributed by atoms with Crippen LogP contribution < -0.4 is 5.73 Å². The standard InChI is InChI=1S/C11H14ClNO3/c1-2-16-11(15)9(13)10(14)7-5-3-4-6-8(7)12/h3-6,9-10,14H,2,13H2,1H3. The summed E-state index contributed by atoms with van der Waals surface area (Å²) in [5, 5.41) is 10.2. The first-order valence-electron chi connectivity index (χ1n) is 4.92. The second kappa shape index (κ2) is 5.84. The van der Waals surface area contributed by atoms with Gasteiger partial charge in [-0.3, -0.25) is 4.79 Å². The van der Waals surface area contributed by atoms with E-state index in [1.54, 1.807) is 31.2 Å². The quantitative estimate of drug-likeness (QED) is 0.781. The Hall–Kier alpha value is -1.10. The fourth-order valence-electron chi connectivity index (χ4n) is 1.28. The van der Waals surface area contributed by atoms with Crippen molar-refractivity contribution >= 4 is 17.6 Å². The van der Waals surface area contributed by atoms with Crippen LogP contribution in [0, 0.1) is 0 Å². The van der Waals surface area contributed by atoms with Crippen LogP contribution in [0.2, 0.25) is 5.02 Å². The van der Waals surface area contributed by atoms with Gasteiger partial charge in [-0.15, -0.1) is 0 Å². The highest BCUT2D eigenvalue weighted by molar-refractivity contribution is 6.31. The van der Waals surface area contributed by atoms with Gasteiger partial charge >= 0.3 is 5.97 Å². The van der Waals surface area contributed by atoms with Crippen LogP contribution in [0.25, 0.3) is 0 Å². The van der Waals surface area contributed by atoms with Gasteiger partial charge < -0.3 is 15.6 Å². The molecule has 0 amide bonds. The number of carbonyl (C=O) groups excluding carboxylic acids is 1. The molecule has 88 valence electrons. The molecule has 0 fully saturated rings. The molecule has 4 nitrogen and oxygen atoms in total. The van der Waals surface area contributed by atoms with Crippen molar-refractivity contribution < 1.29 is 14.6 Å². The number of rotatable bonds is 4. The minimum atomic E-state index is -1.16. The first-order valence-corrected chi connectivity index (χ1v) is 5.30. The van der Waals surface area contributed by atoms with Gasteiger partial charge in [0, 0.05) is 10.6 Å². The maximum atomic E-state index is 11.3. The largest absolute Gasteiger partial charge is 0.465 e. The van der Waals surface area contributed by atoms with E-state index < -0.39 is 18.1 Å². The average molecular weight is 244 g/mol. The summed E-state index contributed by atoms with van der Waals surface area (Å²) in [5.41, 5.74) is 5.99. The second-order valence-corrected chi connectivity index (χ2v) is 3.65. The Morgan fingerprint density at radius 1 is 1.56 bits per heavy atom. The molecule has 0 heterocycles. The van der Waals surface area contributed by atoms with Crippen molar-refractivity contribution in [3.05, 3.63) is 34.9 Å². The van der Waals surface area contributed by atoms with Crippen molar-refractivity contribution in [2.75, 3.05) is 6.61 Å². The van der Waals surface area contributed by atoms with Crippen molar-refractivity contribution in [1.29, 1.82) is 0 Å². The fraction of sp³-hybridized carbons (Fsp3) is 0.364. The zero-order valence-electron chi connectivity index (χ0n) is 8.89. The summed E-state index contributed by atoms with van der Waals surface area (Å²) in [6.07, 6.45) is -1.16.